The third kappa shape index (κ3) is 3.20. The Balaban J connectivity index is 1.43. The van der Waals surface area contributed by atoms with Crippen molar-refractivity contribution in [3.05, 3.63) is 82.9 Å². The largest absolute Gasteiger partial charge is 0.508 e. The number of phenols is 1. The van der Waals surface area contributed by atoms with Crippen LogP contribution >= 0.6 is 0 Å². The van der Waals surface area contributed by atoms with E-state index in [2.05, 4.69) is 0 Å². The highest BCUT2D eigenvalue weighted by molar-refractivity contribution is 5.97. The quantitative estimate of drug-likeness (QED) is 0.335. The summed E-state index contributed by atoms with van der Waals surface area (Å²) < 4.78 is 23.3. The van der Waals surface area contributed by atoms with E-state index in [1.165, 1.54) is 18.2 Å². The zero-order valence-electron chi connectivity index (χ0n) is 18.6. The lowest BCUT2D eigenvalue weighted by atomic mass is 9.77. The van der Waals surface area contributed by atoms with E-state index in [9.17, 15) is 30.3 Å². The summed E-state index contributed by atoms with van der Waals surface area (Å²) in [5.74, 6) is 0.170. The van der Waals surface area contributed by atoms with E-state index in [-0.39, 0.29) is 23.0 Å². The molecule has 0 bridgehead atoms. The Hall–Kier alpha value is -3.67. The zero-order chi connectivity index (χ0) is 25.2. The second-order valence-electron chi connectivity index (χ2n) is 8.87. The Kier molecular flexibility index (Phi) is 5.18. The maximum atomic E-state index is 12.9. The van der Waals surface area contributed by atoms with Crippen LogP contribution in [0.2, 0.25) is 0 Å². The minimum atomic E-state index is -1.60. The van der Waals surface area contributed by atoms with Gasteiger partial charge in [-0.3, -0.25) is 0 Å². The van der Waals surface area contributed by atoms with Crippen LogP contribution in [-0.4, -0.2) is 68.8 Å². The number of rotatable bonds is 3. The third-order valence-electron chi connectivity index (χ3n) is 6.77. The van der Waals surface area contributed by atoms with Crippen molar-refractivity contribution in [3.63, 3.8) is 0 Å². The number of fused-ring (bicyclic) bond motifs is 6. The number of aliphatic hydroxyl groups is 4. The van der Waals surface area contributed by atoms with Gasteiger partial charge in [-0.15, -0.1) is 0 Å². The van der Waals surface area contributed by atoms with Gasteiger partial charge in [0.15, 0.2) is 5.60 Å². The number of carbonyl (C=O) groups is 1. The van der Waals surface area contributed by atoms with Gasteiger partial charge in [-0.25, -0.2) is 4.79 Å². The summed E-state index contributed by atoms with van der Waals surface area (Å²) >= 11 is 0. The van der Waals surface area contributed by atoms with Crippen LogP contribution in [0.3, 0.4) is 0 Å². The fraction of sp³-hybridized carbons (Fsp3) is 0.269. The molecule has 3 heterocycles. The number of phenolic OH excluding ortho intramolecular Hbond substituents is 1. The second-order valence-corrected chi connectivity index (χ2v) is 8.87. The minimum absolute atomic E-state index is 0.0429. The number of benzene rings is 3. The zero-order valence-corrected chi connectivity index (χ0v) is 18.6. The molecule has 10 heteroatoms. The van der Waals surface area contributed by atoms with Gasteiger partial charge in [0, 0.05) is 28.8 Å². The summed E-state index contributed by atoms with van der Waals surface area (Å²) in [7, 11) is 0. The van der Waals surface area contributed by atoms with Crippen LogP contribution < -0.4 is 9.47 Å². The molecule has 36 heavy (non-hydrogen) atoms. The Labute approximate surface area is 204 Å². The van der Waals surface area contributed by atoms with Gasteiger partial charge < -0.3 is 44.5 Å². The van der Waals surface area contributed by atoms with E-state index >= 15 is 0 Å². The molecule has 186 valence electrons. The molecule has 6 atom stereocenters. The maximum absolute atomic E-state index is 12.9. The van der Waals surface area contributed by atoms with Crippen molar-refractivity contribution in [1.29, 1.82) is 0 Å². The lowest BCUT2D eigenvalue weighted by Crippen LogP contribution is -2.60. The molecule has 5 N–H and O–H groups in total. The van der Waals surface area contributed by atoms with Crippen LogP contribution in [0.4, 0.5) is 0 Å². The Bertz CT molecular complexity index is 1350. The molecule has 0 saturated carbocycles. The number of esters is 1. The summed E-state index contributed by atoms with van der Waals surface area (Å²) in [5, 5.41) is 49.9. The average molecular weight is 494 g/mol. The predicted octanol–water partition coefficient (Wildman–Crippen LogP) is 1.14. The van der Waals surface area contributed by atoms with Crippen molar-refractivity contribution in [2.75, 3.05) is 6.61 Å². The lowest BCUT2D eigenvalue weighted by Gasteiger charge is -2.40. The fourth-order valence-corrected chi connectivity index (χ4v) is 5.02. The highest BCUT2D eigenvalue weighted by Gasteiger charge is 2.53. The molecule has 3 aliphatic heterocycles. The number of carbonyl (C=O) groups excluding carboxylic acids is 1. The van der Waals surface area contributed by atoms with E-state index in [0.29, 0.717) is 22.3 Å². The van der Waals surface area contributed by atoms with E-state index in [0.717, 1.165) is 0 Å². The number of ether oxygens (including phenoxy) is 4. The van der Waals surface area contributed by atoms with E-state index < -0.39 is 48.9 Å². The molecule has 0 amide bonds. The average Bonchev–Trinajstić information content (AvgIpc) is 3.17. The second kappa shape index (κ2) is 8.19. The molecule has 1 spiro atoms. The van der Waals surface area contributed by atoms with Gasteiger partial charge in [0.05, 0.1) is 12.2 Å². The normalized spacial score (nSPS) is 30.1. The predicted molar refractivity (Wildman–Crippen MR) is 121 cm³/mol. The van der Waals surface area contributed by atoms with Crippen LogP contribution in [-0.2, 0) is 15.1 Å². The van der Waals surface area contributed by atoms with E-state index in [1.807, 2.05) is 0 Å². The van der Waals surface area contributed by atoms with Gasteiger partial charge in [-0.05, 0) is 30.3 Å². The van der Waals surface area contributed by atoms with Gasteiger partial charge in [-0.2, -0.15) is 0 Å². The van der Waals surface area contributed by atoms with Gasteiger partial charge in [0.1, 0.15) is 47.4 Å². The highest BCUT2D eigenvalue weighted by atomic mass is 16.7. The van der Waals surface area contributed by atoms with Gasteiger partial charge >= 0.3 is 5.97 Å². The fourth-order valence-electron chi connectivity index (χ4n) is 5.02. The van der Waals surface area contributed by atoms with Crippen molar-refractivity contribution in [2.24, 2.45) is 0 Å². The summed E-state index contributed by atoms with van der Waals surface area (Å²) in [6, 6.07) is 16.3. The topological polar surface area (TPSA) is 155 Å². The molecule has 1 fully saturated rings. The minimum Gasteiger partial charge on any atom is -0.508 e. The highest BCUT2D eigenvalue weighted by Crippen LogP contribution is 2.57. The number of hydrogen-bond donors (Lipinski definition) is 5. The summed E-state index contributed by atoms with van der Waals surface area (Å²) in [6.45, 7) is -0.592. The van der Waals surface area contributed by atoms with Crippen LogP contribution in [0.15, 0.2) is 60.7 Å². The molecule has 2 unspecified atom stereocenters. The molecule has 10 nitrogen and oxygen atoms in total. The first kappa shape index (κ1) is 22.8. The van der Waals surface area contributed by atoms with Crippen LogP contribution in [0.1, 0.15) is 27.0 Å². The standard InChI is InChI=1S/C26H22O10/c27-11-20-21(29)22(30)23(31)25(35-20)33-13-6-8-17-19(10-13)34-18-9-12(28)5-7-16(18)26(17)15-4-2-1-3-14(15)24(32)36-26/h1-10,20-23,25,27-31H,11H2/t20-,21+,22+,23-,25?,26?/m1/s1. The third-order valence-corrected chi connectivity index (χ3v) is 6.77. The van der Waals surface area contributed by atoms with Crippen molar-refractivity contribution in [2.45, 2.75) is 36.3 Å². The first-order valence-corrected chi connectivity index (χ1v) is 11.3. The van der Waals surface area contributed by atoms with Crippen molar-refractivity contribution in [3.8, 4) is 23.0 Å². The summed E-state index contributed by atoms with van der Waals surface area (Å²) in [6.07, 6.45) is -7.22. The molecule has 1 saturated heterocycles. The molecule has 0 radical (unpaired) electrons. The Morgan fingerprint density at radius 1 is 0.861 bits per heavy atom. The Morgan fingerprint density at radius 2 is 1.58 bits per heavy atom. The van der Waals surface area contributed by atoms with Crippen LogP contribution in [0.5, 0.6) is 23.0 Å². The molecule has 3 aliphatic rings. The summed E-state index contributed by atoms with van der Waals surface area (Å²) in [5.41, 5.74) is 0.750. The van der Waals surface area contributed by atoms with Gasteiger partial charge in [0.2, 0.25) is 6.29 Å². The van der Waals surface area contributed by atoms with Crippen LogP contribution in [0.25, 0.3) is 0 Å². The smallest absolute Gasteiger partial charge is 0.340 e. The Morgan fingerprint density at radius 3 is 2.36 bits per heavy atom. The van der Waals surface area contributed by atoms with Crippen LogP contribution in [0, 0.1) is 0 Å². The van der Waals surface area contributed by atoms with Gasteiger partial charge in [0.25, 0.3) is 0 Å². The van der Waals surface area contributed by atoms with Gasteiger partial charge in [-0.1, -0.05) is 18.2 Å². The SMILES string of the molecule is O=C1OC2(c3ccc(O)cc3Oc3cc(OC4O[C@H](CO)[C@H](O)[C@H](O)[C@H]4O)ccc32)c2ccccc21. The molecule has 0 aliphatic carbocycles. The van der Waals surface area contributed by atoms with Crippen molar-refractivity contribution >= 4 is 5.97 Å². The first-order chi connectivity index (χ1) is 17.3. The lowest BCUT2D eigenvalue weighted by molar-refractivity contribution is -0.277. The maximum Gasteiger partial charge on any atom is 0.340 e. The van der Waals surface area contributed by atoms with Crippen molar-refractivity contribution < 1.29 is 49.3 Å². The van der Waals surface area contributed by atoms with E-state index in [1.54, 1.807) is 42.5 Å². The molecular formula is C26H22O10. The first-order valence-electron chi connectivity index (χ1n) is 11.3. The molecule has 3 aromatic carbocycles. The van der Waals surface area contributed by atoms with E-state index in [4.69, 9.17) is 18.9 Å². The monoisotopic (exact) mass is 494 g/mol. The molecule has 6 rings (SSSR count). The molecule has 0 aromatic heterocycles. The number of hydrogen-bond acceptors (Lipinski definition) is 10. The number of aliphatic hydroxyl groups excluding tert-OH is 4. The molecule has 3 aromatic rings. The number of aromatic hydroxyl groups is 1. The molecular weight excluding hydrogens is 472 g/mol. The van der Waals surface area contributed by atoms with Crippen molar-refractivity contribution in [1.82, 2.24) is 0 Å². The summed E-state index contributed by atoms with van der Waals surface area (Å²) in [4.78, 5) is 12.9.